The molecule has 1 atom stereocenters. The Kier molecular flexibility index (Phi) is 6.36. The Bertz CT molecular complexity index is 639. The van der Waals surface area contributed by atoms with E-state index in [4.69, 9.17) is 9.47 Å². The van der Waals surface area contributed by atoms with Gasteiger partial charge in [0.25, 0.3) is 0 Å². The Morgan fingerprint density at radius 2 is 2.08 bits per heavy atom. The van der Waals surface area contributed by atoms with Gasteiger partial charge in [0.05, 0.1) is 30.3 Å². The van der Waals surface area contributed by atoms with E-state index < -0.39 is 24.0 Å². The van der Waals surface area contributed by atoms with Crippen LogP contribution >= 0.6 is 11.3 Å². The number of ether oxygens (including phenoxy) is 2. The van der Waals surface area contributed by atoms with Crippen molar-refractivity contribution in [1.82, 2.24) is 10.6 Å². The van der Waals surface area contributed by atoms with E-state index in [0.717, 1.165) is 4.88 Å². The Morgan fingerprint density at radius 1 is 1.29 bits per heavy atom. The molecule has 0 bridgehead atoms. The number of hydrogen-bond donors (Lipinski definition) is 2. The number of hydrogen-bond acceptors (Lipinski definition) is 6. The molecule has 0 aliphatic carbocycles. The summed E-state index contributed by atoms with van der Waals surface area (Å²) in [7, 11) is 0. The van der Waals surface area contributed by atoms with Crippen molar-refractivity contribution in [3.63, 3.8) is 0 Å². The topological polar surface area (TPSA) is 93.7 Å². The van der Waals surface area contributed by atoms with Gasteiger partial charge in [0.2, 0.25) is 0 Å². The maximum Gasteiger partial charge on any atom is 0.338 e. The van der Waals surface area contributed by atoms with Crippen LogP contribution in [0.2, 0.25) is 0 Å². The van der Waals surface area contributed by atoms with Gasteiger partial charge in [0.1, 0.15) is 6.61 Å². The van der Waals surface area contributed by atoms with E-state index in [9.17, 15) is 14.4 Å². The maximum absolute atomic E-state index is 12.2. The fourth-order valence-corrected chi connectivity index (χ4v) is 3.02. The summed E-state index contributed by atoms with van der Waals surface area (Å²) in [6, 6.07) is 2.80. The van der Waals surface area contributed by atoms with Crippen molar-refractivity contribution in [1.29, 1.82) is 0 Å². The Balaban J connectivity index is 2.10. The second-order valence-corrected chi connectivity index (χ2v) is 6.12. The van der Waals surface area contributed by atoms with E-state index in [1.165, 1.54) is 11.3 Å². The van der Waals surface area contributed by atoms with Gasteiger partial charge in [-0.1, -0.05) is 13.0 Å². The van der Waals surface area contributed by atoms with Gasteiger partial charge in [-0.2, -0.15) is 0 Å². The largest absolute Gasteiger partial charge is 0.463 e. The summed E-state index contributed by atoms with van der Waals surface area (Å²) in [5, 5.41) is 7.08. The molecule has 130 valence electrons. The van der Waals surface area contributed by atoms with Crippen LogP contribution in [0.15, 0.2) is 28.8 Å². The fourth-order valence-electron chi connectivity index (χ4n) is 2.33. The molecule has 0 saturated heterocycles. The molecule has 0 spiro atoms. The lowest BCUT2D eigenvalue weighted by Crippen LogP contribution is -2.51. The van der Waals surface area contributed by atoms with Gasteiger partial charge in [-0.25, -0.2) is 9.59 Å². The summed E-state index contributed by atoms with van der Waals surface area (Å²) in [6.07, 6.45) is 0.678. The number of thiophene rings is 1. The number of esters is 2. The third-order valence-electron chi connectivity index (χ3n) is 3.42. The average molecular weight is 352 g/mol. The predicted octanol–water partition coefficient (Wildman–Crippen LogP) is 1.74. The molecular formula is C16H20N2O5S. The van der Waals surface area contributed by atoms with Crippen LogP contribution in [-0.2, 0) is 25.5 Å². The lowest BCUT2D eigenvalue weighted by molar-refractivity contribution is -0.143. The molecule has 0 aromatic carbocycles. The number of amides is 2. The van der Waals surface area contributed by atoms with Crippen LogP contribution < -0.4 is 10.6 Å². The minimum atomic E-state index is -0.527. The van der Waals surface area contributed by atoms with Crippen molar-refractivity contribution in [2.75, 3.05) is 13.2 Å². The standard InChI is InChI=1S/C16H20N2O5S/c1-3-11-14(15(20)22-4-2)12(18-16(21)17-11)9-23-13(19)8-10-6-5-7-24-10/h5-7,11H,3-4,8-9H2,1-2H3,(H2,17,18,21)/t11-/m1/s1. The van der Waals surface area contributed by atoms with Crippen LogP contribution in [0.3, 0.4) is 0 Å². The first-order valence-electron chi connectivity index (χ1n) is 7.70. The van der Waals surface area contributed by atoms with Gasteiger partial charge in [-0.3, -0.25) is 4.79 Å². The molecule has 2 heterocycles. The molecule has 7 nitrogen and oxygen atoms in total. The van der Waals surface area contributed by atoms with E-state index in [1.807, 2.05) is 24.4 Å². The van der Waals surface area contributed by atoms with Crippen molar-refractivity contribution >= 4 is 29.3 Å². The fraction of sp³-hybridized carbons (Fsp3) is 0.438. The normalized spacial score (nSPS) is 17.1. The number of urea groups is 1. The van der Waals surface area contributed by atoms with Gasteiger partial charge in [-0.15, -0.1) is 11.3 Å². The Hall–Kier alpha value is -2.35. The van der Waals surface area contributed by atoms with Crippen molar-refractivity contribution in [2.24, 2.45) is 0 Å². The first kappa shape index (κ1) is 18.0. The summed E-state index contributed by atoms with van der Waals surface area (Å²) in [6.45, 7) is 3.59. The van der Waals surface area contributed by atoms with E-state index in [-0.39, 0.29) is 25.3 Å². The monoisotopic (exact) mass is 352 g/mol. The van der Waals surface area contributed by atoms with Crippen LogP contribution in [0.25, 0.3) is 0 Å². The number of carbonyl (C=O) groups is 3. The highest BCUT2D eigenvalue weighted by atomic mass is 32.1. The molecule has 2 amide bonds. The molecule has 1 aromatic rings. The van der Waals surface area contributed by atoms with Gasteiger partial charge >= 0.3 is 18.0 Å². The average Bonchev–Trinajstić information content (AvgIpc) is 3.05. The highest BCUT2D eigenvalue weighted by Gasteiger charge is 2.31. The molecule has 1 aliphatic heterocycles. The lowest BCUT2D eigenvalue weighted by atomic mass is 10.0. The van der Waals surface area contributed by atoms with Gasteiger partial charge in [0, 0.05) is 4.88 Å². The van der Waals surface area contributed by atoms with E-state index >= 15 is 0 Å². The first-order valence-corrected chi connectivity index (χ1v) is 8.58. The molecular weight excluding hydrogens is 332 g/mol. The second kappa shape index (κ2) is 8.49. The minimum absolute atomic E-state index is 0.156. The van der Waals surface area contributed by atoms with E-state index in [0.29, 0.717) is 12.0 Å². The van der Waals surface area contributed by atoms with Crippen molar-refractivity contribution in [2.45, 2.75) is 32.7 Å². The molecule has 1 aliphatic rings. The van der Waals surface area contributed by atoms with Gasteiger partial charge in [-0.05, 0) is 24.8 Å². The van der Waals surface area contributed by atoms with Crippen molar-refractivity contribution in [3.05, 3.63) is 33.7 Å². The lowest BCUT2D eigenvalue weighted by Gasteiger charge is -2.28. The van der Waals surface area contributed by atoms with Crippen LogP contribution in [-0.4, -0.2) is 37.2 Å². The number of nitrogens with one attached hydrogen (secondary N) is 2. The predicted molar refractivity (Wildman–Crippen MR) is 88.4 cm³/mol. The number of rotatable bonds is 7. The maximum atomic E-state index is 12.2. The summed E-state index contributed by atoms with van der Waals surface area (Å²) in [5.74, 6) is -0.949. The minimum Gasteiger partial charge on any atom is -0.463 e. The molecule has 1 aromatic heterocycles. The van der Waals surface area contributed by atoms with Crippen LogP contribution in [0.5, 0.6) is 0 Å². The van der Waals surface area contributed by atoms with Crippen LogP contribution in [0, 0.1) is 0 Å². The van der Waals surface area contributed by atoms with E-state index in [2.05, 4.69) is 10.6 Å². The summed E-state index contributed by atoms with van der Waals surface area (Å²) >= 11 is 1.46. The van der Waals surface area contributed by atoms with Crippen molar-refractivity contribution < 1.29 is 23.9 Å². The zero-order chi connectivity index (χ0) is 17.5. The highest BCUT2D eigenvalue weighted by molar-refractivity contribution is 7.10. The van der Waals surface area contributed by atoms with Crippen LogP contribution in [0.4, 0.5) is 4.79 Å². The molecule has 8 heteroatoms. The molecule has 0 saturated carbocycles. The molecule has 2 rings (SSSR count). The zero-order valence-corrected chi connectivity index (χ0v) is 14.4. The van der Waals surface area contributed by atoms with Gasteiger partial charge < -0.3 is 20.1 Å². The first-order chi connectivity index (χ1) is 11.5. The third kappa shape index (κ3) is 4.58. The molecule has 0 fully saturated rings. The van der Waals surface area contributed by atoms with Crippen molar-refractivity contribution in [3.8, 4) is 0 Å². The molecule has 0 unspecified atom stereocenters. The molecule has 24 heavy (non-hydrogen) atoms. The summed E-state index contributed by atoms with van der Waals surface area (Å²) in [5.41, 5.74) is 0.562. The van der Waals surface area contributed by atoms with Crippen LogP contribution in [0.1, 0.15) is 25.1 Å². The number of carbonyl (C=O) groups excluding carboxylic acids is 3. The Morgan fingerprint density at radius 3 is 2.71 bits per heavy atom. The highest BCUT2D eigenvalue weighted by Crippen LogP contribution is 2.18. The Labute approximate surface area is 144 Å². The molecule has 2 N–H and O–H groups in total. The second-order valence-electron chi connectivity index (χ2n) is 5.09. The smallest absolute Gasteiger partial charge is 0.338 e. The quantitative estimate of drug-likeness (QED) is 0.729. The zero-order valence-electron chi connectivity index (χ0n) is 13.6. The SMILES string of the molecule is CCOC(=O)C1=C(COC(=O)Cc2cccs2)NC(=O)N[C@@H]1CC. The summed E-state index contributed by atoms with van der Waals surface area (Å²) in [4.78, 5) is 36.7. The molecule has 0 radical (unpaired) electrons. The third-order valence-corrected chi connectivity index (χ3v) is 4.30. The summed E-state index contributed by atoms with van der Waals surface area (Å²) < 4.78 is 10.3. The van der Waals surface area contributed by atoms with E-state index in [1.54, 1.807) is 6.92 Å². The van der Waals surface area contributed by atoms with Gasteiger partial charge in [0.15, 0.2) is 0 Å².